The lowest BCUT2D eigenvalue weighted by molar-refractivity contribution is 0.0723. The molecule has 0 unspecified atom stereocenters. The Kier molecular flexibility index (Phi) is 5.30. The van der Waals surface area contributed by atoms with Crippen LogP contribution in [0.1, 0.15) is 40.3 Å². The van der Waals surface area contributed by atoms with Crippen molar-refractivity contribution in [2.24, 2.45) is 14.1 Å². The van der Waals surface area contributed by atoms with Crippen molar-refractivity contribution in [3.63, 3.8) is 0 Å². The SMILES string of the molecule is Cn1ncnc1C#Cc1ccc(CN(C(=O)c2cc3c(cc2F)nc(N)c2cnn(C)c23)C2CC2)nc1. The van der Waals surface area contributed by atoms with E-state index in [1.807, 2.05) is 12.1 Å². The number of aromatic nitrogens is 7. The molecule has 0 spiro atoms. The van der Waals surface area contributed by atoms with Gasteiger partial charge in [0.25, 0.3) is 5.91 Å². The van der Waals surface area contributed by atoms with E-state index in [0.717, 1.165) is 12.8 Å². The Morgan fingerprint density at radius 2 is 1.95 bits per heavy atom. The number of amides is 1. The molecule has 1 fully saturated rings. The van der Waals surface area contributed by atoms with Gasteiger partial charge in [-0.3, -0.25) is 14.5 Å². The maximum atomic E-state index is 15.2. The molecule has 184 valence electrons. The first kappa shape index (κ1) is 22.6. The summed E-state index contributed by atoms with van der Waals surface area (Å²) >= 11 is 0. The van der Waals surface area contributed by atoms with Gasteiger partial charge in [-0.2, -0.15) is 10.2 Å². The average Bonchev–Trinajstić information content (AvgIpc) is 3.53. The summed E-state index contributed by atoms with van der Waals surface area (Å²) in [4.78, 5) is 28.2. The maximum absolute atomic E-state index is 15.2. The summed E-state index contributed by atoms with van der Waals surface area (Å²) in [6.45, 7) is 0.263. The molecule has 37 heavy (non-hydrogen) atoms. The Morgan fingerprint density at radius 3 is 2.65 bits per heavy atom. The summed E-state index contributed by atoms with van der Waals surface area (Å²) in [5.74, 6) is 5.75. The van der Waals surface area contributed by atoms with Crippen LogP contribution in [0.15, 0.2) is 43.0 Å². The smallest absolute Gasteiger partial charge is 0.257 e. The molecule has 1 aromatic carbocycles. The number of halogens is 1. The van der Waals surface area contributed by atoms with Gasteiger partial charge in [0.05, 0.1) is 40.4 Å². The number of nitrogens with zero attached hydrogens (tertiary/aromatic N) is 8. The molecule has 6 rings (SSSR count). The normalized spacial score (nSPS) is 13.1. The van der Waals surface area contributed by atoms with Gasteiger partial charge in [-0.1, -0.05) is 5.92 Å². The average molecular weight is 496 g/mol. The Hall–Kier alpha value is -4.85. The zero-order chi connectivity index (χ0) is 25.7. The molecular formula is C26H22FN9O. The summed E-state index contributed by atoms with van der Waals surface area (Å²) < 4.78 is 18.4. The van der Waals surface area contributed by atoms with E-state index < -0.39 is 5.82 Å². The Balaban J connectivity index is 1.30. The highest BCUT2D eigenvalue weighted by Crippen LogP contribution is 2.33. The van der Waals surface area contributed by atoms with Gasteiger partial charge in [-0.15, -0.1) is 0 Å². The molecule has 1 aliphatic rings. The monoisotopic (exact) mass is 495 g/mol. The fourth-order valence-electron chi connectivity index (χ4n) is 4.35. The number of aryl methyl sites for hydroxylation is 2. The highest BCUT2D eigenvalue weighted by molar-refractivity contribution is 6.10. The number of fused-ring (bicyclic) bond motifs is 3. The second-order valence-corrected chi connectivity index (χ2v) is 9.04. The van der Waals surface area contributed by atoms with Gasteiger partial charge in [0.1, 0.15) is 18.0 Å². The third kappa shape index (κ3) is 4.12. The fraction of sp³-hybridized carbons (Fsp3) is 0.231. The quantitative estimate of drug-likeness (QED) is 0.381. The van der Waals surface area contributed by atoms with Crippen LogP contribution in [-0.4, -0.2) is 51.4 Å². The second kappa shape index (κ2) is 8.67. The van der Waals surface area contributed by atoms with Crippen molar-refractivity contribution in [3.8, 4) is 11.8 Å². The molecule has 0 saturated heterocycles. The number of nitrogens with two attached hydrogens (primary N) is 1. The molecule has 0 bridgehead atoms. The summed E-state index contributed by atoms with van der Waals surface area (Å²) in [5.41, 5.74) is 8.51. The van der Waals surface area contributed by atoms with Crippen LogP contribution < -0.4 is 5.73 Å². The molecule has 2 N–H and O–H groups in total. The lowest BCUT2D eigenvalue weighted by Crippen LogP contribution is -2.33. The summed E-state index contributed by atoms with van der Waals surface area (Å²) in [6.07, 6.45) is 6.45. The van der Waals surface area contributed by atoms with Gasteiger partial charge in [-0.05, 0) is 37.0 Å². The van der Waals surface area contributed by atoms with Gasteiger partial charge >= 0.3 is 0 Å². The molecule has 4 heterocycles. The van der Waals surface area contributed by atoms with E-state index in [1.165, 1.54) is 12.4 Å². The summed E-state index contributed by atoms with van der Waals surface area (Å²) in [5, 5.41) is 9.52. The zero-order valence-electron chi connectivity index (χ0n) is 20.2. The Morgan fingerprint density at radius 1 is 1.11 bits per heavy atom. The van der Waals surface area contributed by atoms with Crippen LogP contribution in [0.25, 0.3) is 21.8 Å². The number of benzene rings is 1. The van der Waals surface area contributed by atoms with Crippen LogP contribution >= 0.6 is 0 Å². The van der Waals surface area contributed by atoms with Crippen LogP contribution in [-0.2, 0) is 20.6 Å². The number of pyridine rings is 2. The van der Waals surface area contributed by atoms with Gasteiger partial charge in [0.2, 0.25) is 5.82 Å². The molecule has 11 heteroatoms. The molecular weight excluding hydrogens is 473 g/mol. The first-order valence-electron chi connectivity index (χ1n) is 11.7. The van der Waals surface area contributed by atoms with Crippen LogP contribution in [0.3, 0.4) is 0 Å². The lowest BCUT2D eigenvalue weighted by atomic mass is 10.1. The third-order valence-corrected chi connectivity index (χ3v) is 6.46. The summed E-state index contributed by atoms with van der Waals surface area (Å²) in [7, 11) is 3.54. The van der Waals surface area contributed by atoms with E-state index in [4.69, 9.17) is 5.73 Å². The fourth-order valence-corrected chi connectivity index (χ4v) is 4.35. The Bertz CT molecular complexity index is 1740. The number of rotatable bonds is 4. The van der Waals surface area contributed by atoms with Crippen molar-refractivity contribution in [2.75, 3.05) is 5.73 Å². The number of carbonyl (C=O) groups is 1. The number of anilines is 1. The minimum atomic E-state index is -0.640. The minimum absolute atomic E-state index is 0.0142. The van der Waals surface area contributed by atoms with Crippen molar-refractivity contribution in [2.45, 2.75) is 25.4 Å². The van der Waals surface area contributed by atoms with Crippen LogP contribution in [0, 0.1) is 17.7 Å². The van der Waals surface area contributed by atoms with Crippen molar-refractivity contribution in [3.05, 3.63) is 71.4 Å². The molecule has 10 nitrogen and oxygen atoms in total. The highest BCUT2D eigenvalue weighted by Gasteiger charge is 2.34. The number of carbonyl (C=O) groups excluding carboxylic acids is 1. The lowest BCUT2D eigenvalue weighted by Gasteiger charge is -2.22. The van der Waals surface area contributed by atoms with Crippen LogP contribution in [0.2, 0.25) is 0 Å². The highest BCUT2D eigenvalue weighted by atomic mass is 19.1. The van der Waals surface area contributed by atoms with Gasteiger partial charge in [-0.25, -0.2) is 19.0 Å². The molecule has 5 aromatic rings. The third-order valence-electron chi connectivity index (χ3n) is 6.46. The van der Waals surface area contributed by atoms with Crippen molar-refractivity contribution >= 4 is 33.5 Å². The van der Waals surface area contributed by atoms with E-state index in [-0.39, 0.29) is 29.9 Å². The van der Waals surface area contributed by atoms with E-state index in [9.17, 15) is 4.79 Å². The molecule has 4 aromatic heterocycles. The summed E-state index contributed by atoms with van der Waals surface area (Å²) in [6, 6.07) is 6.52. The van der Waals surface area contributed by atoms with Gasteiger partial charge < -0.3 is 10.6 Å². The van der Waals surface area contributed by atoms with E-state index in [0.29, 0.717) is 38.9 Å². The van der Waals surface area contributed by atoms with Crippen LogP contribution in [0.5, 0.6) is 0 Å². The van der Waals surface area contributed by atoms with Gasteiger partial charge in [0.15, 0.2) is 0 Å². The van der Waals surface area contributed by atoms with Crippen molar-refractivity contribution in [1.82, 2.24) is 39.4 Å². The standard InChI is InChI=1S/C26H22FN9O/c1-34-23(30-14-32-34)8-4-15-3-5-16(29-11-15)13-36(17-6-7-17)26(37)18-9-19-22(10-21(18)27)33-25(28)20-12-31-35(2)24(19)20/h3,5,9-12,14,17H,6-7,13H2,1-2H3,(H2,28,33). The molecule has 0 aliphatic heterocycles. The van der Waals surface area contributed by atoms with Crippen molar-refractivity contribution < 1.29 is 9.18 Å². The van der Waals surface area contributed by atoms with Crippen molar-refractivity contribution in [1.29, 1.82) is 0 Å². The van der Waals surface area contributed by atoms with E-state index >= 15 is 4.39 Å². The number of hydrogen-bond donors (Lipinski definition) is 1. The zero-order valence-corrected chi connectivity index (χ0v) is 20.2. The molecule has 0 radical (unpaired) electrons. The largest absolute Gasteiger partial charge is 0.383 e. The topological polar surface area (TPSA) is 121 Å². The Labute approximate surface area is 210 Å². The molecule has 0 atom stereocenters. The molecule has 1 amide bonds. The van der Waals surface area contributed by atoms with E-state index in [2.05, 4.69) is 37.0 Å². The molecule has 1 aliphatic carbocycles. The maximum Gasteiger partial charge on any atom is 0.257 e. The molecule has 1 saturated carbocycles. The first-order chi connectivity index (χ1) is 17.9. The first-order valence-corrected chi connectivity index (χ1v) is 11.7. The predicted octanol–water partition coefficient (Wildman–Crippen LogP) is 2.57. The minimum Gasteiger partial charge on any atom is -0.383 e. The number of nitrogen functional groups attached to an aromatic ring is 1. The second-order valence-electron chi connectivity index (χ2n) is 9.04. The van der Waals surface area contributed by atoms with Gasteiger partial charge in [0, 0.05) is 43.4 Å². The van der Waals surface area contributed by atoms with Crippen LogP contribution in [0.4, 0.5) is 10.2 Å². The van der Waals surface area contributed by atoms with E-state index in [1.54, 1.807) is 46.8 Å². The number of hydrogen-bond acceptors (Lipinski definition) is 7. The predicted molar refractivity (Wildman–Crippen MR) is 135 cm³/mol.